The van der Waals surface area contributed by atoms with Gasteiger partial charge in [-0.2, -0.15) is 0 Å². The highest BCUT2D eigenvalue weighted by Gasteiger charge is 2.25. The zero-order chi connectivity index (χ0) is 16.7. The average Bonchev–Trinajstić information content (AvgIpc) is 3.21. The first-order valence-electron chi connectivity index (χ1n) is 8.95. The lowest BCUT2D eigenvalue weighted by Gasteiger charge is -2.06. The lowest BCUT2D eigenvalue weighted by molar-refractivity contribution is 1.23. The Kier molecular flexibility index (Phi) is 2.56. The fraction of sp³-hybridized carbons (Fsp3) is 0.167. The standard InChI is InChI=1S/C24H18S/c1-13-3-4-20-15(5-13)7-17-11-22-18(10-21(17)20)8-16-9-19-6-14(2)25-24(19)12-23(16)22/h3-6,9-12H,7-8H2,1-2H3. The van der Waals surface area contributed by atoms with Gasteiger partial charge in [-0.05, 0) is 107 Å². The Morgan fingerprint density at radius 3 is 2.08 bits per heavy atom. The van der Waals surface area contributed by atoms with Crippen molar-refractivity contribution in [1.29, 1.82) is 0 Å². The third-order valence-corrected chi connectivity index (χ3v) is 6.81. The Morgan fingerprint density at radius 1 is 0.640 bits per heavy atom. The summed E-state index contributed by atoms with van der Waals surface area (Å²) in [5, 5.41) is 1.41. The number of benzene rings is 3. The number of hydrogen-bond acceptors (Lipinski definition) is 1. The van der Waals surface area contributed by atoms with Crippen LogP contribution in [-0.2, 0) is 12.8 Å². The van der Waals surface area contributed by atoms with Crippen molar-refractivity contribution >= 4 is 21.4 Å². The van der Waals surface area contributed by atoms with E-state index in [9.17, 15) is 0 Å². The number of aryl methyl sites for hydroxylation is 2. The van der Waals surface area contributed by atoms with Crippen LogP contribution < -0.4 is 0 Å². The fourth-order valence-corrected chi connectivity index (χ4v) is 5.63. The van der Waals surface area contributed by atoms with Gasteiger partial charge in [0.25, 0.3) is 0 Å². The van der Waals surface area contributed by atoms with E-state index in [1.165, 1.54) is 65.0 Å². The van der Waals surface area contributed by atoms with Gasteiger partial charge in [0.15, 0.2) is 0 Å². The molecule has 6 rings (SSSR count). The number of hydrogen-bond donors (Lipinski definition) is 0. The minimum atomic E-state index is 1.07. The van der Waals surface area contributed by atoms with Gasteiger partial charge in [0.05, 0.1) is 0 Å². The normalized spacial score (nSPS) is 13.7. The predicted octanol–water partition coefficient (Wildman–Crippen LogP) is 6.66. The highest BCUT2D eigenvalue weighted by atomic mass is 32.1. The lowest BCUT2D eigenvalue weighted by atomic mass is 9.98. The molecule has 0 N–H and O–H groups in total. The summed E-state index contributed by atoms with van der Waals surface area (Å²) in [5.41, 5.74) is 13.2. The molecular weight excluding hydrogens is 320 g/mol. The molecule has 0 saturated heterocycles. The van der Waals surface area contributed by atoms with Gasteiger partial charge in [0, 0.05) is 9.58 Å². The minimum absolute atomic E-state index is 1.07. The van der Waals surface area contributed by atoms with E-state index < -0.39 is 0 Å². The van der Waals surface area contributed by atoms with Gasteiger partial charge in [-0.15, -0.1) is 11.3 Å². The topological polar surface area (TPSA) is 0 Å². The van der Waals surface area contributed by atoms with Crippen LogP contribution in [0.15, 0.2) is 48.5 Å². The van der Waals surface area contributed by atoms with Crippen molar-refractivity contribution in [3.63, 3.8) is 0 Å². The summed E-state index contributed by atoms with van der Waals surface area (Å²) in [5.74, 6) is 0. The van der Waals surface area contributed by atoms with Crippen LogP contribution >= 0.6 is 11.3 Å². The van der Waals surface area contributed by atoms with Crippen molar-refractivity contribution in [3.8, 4) is 22.3 Å². The fourth-order valence-electron chi connectivity index (χ4n) is 4.69. The molecular formula is C24H18S. The first-order valence-corrected chi connectivity index (χ1v) is 9.76. The van der Waals surface area contributed by atoms with Gasteiger partial charge in [0.1, 0.15) is 0 Å². The number of fused-ring (bicyclic) bond motifs is 7. The molecule has 3 aromatic carbocycles. The van der Waals surface area contributed by atoms with E-state index in [4.69, 9.17) is 0 Å². The first-order chi connectivity index (χ1) is 12.2. The quantitative estimate of drug-likeness (QED) is 0.290. The molecule has 0 saturated carbocycles. The molecule has 0 nitrogen and oxygen atoms in total. The van der Waals surface area contributed by atoms with Gasteiger partial charge in [-0.1, -0.05) is 23.8 Å². The van der Waals surface area contributed by atoms with Gasteiger partial charge in [-0.25, -0.2) is 0 Å². The van der Waals surface area contributed by atoms with Gasteiger partial charge in [0.2, 0.25) is 0 Å². The van der Waals surface area contributed by atoms with E-state index >= 15 is 0 Å². The summed E-state index contributed by atoms with van der Waals surface area (Å²) < 4.78 is 1.42. The summed E-state index contributed by atoms with van der Waals surface area (Å²) in [6.07, 6.45) is 2.15. The van der Waals surface area contributed by atoms with Crippen LogP contribution in [0.5, 0.6) is 0 Å². The zero-order valence-electron chi connectivity index (χ0n) is 14.4. The molecule has 0 unspecified atom stereocenters. The van der Waals surface area contributed by atoms with Crippen LogP contribution in [-0.4, -0.2) is 0 Å². The molecule has 4 aromatic rings. The molecule has 2 aliphatic rings. The second kappa shape index (κ2) is 4.62. The van der Waals surface area contributed by atoms with Crippen LogP contribution in [0.3, 0.4) is 0 Å². The average molecular weight is 338 g/mol. The van der Waals surface area contributed by atoms with Crippen molar-refractivity contribution in [3.05, 3.63) is 81.2 Å². The molecule has 0 atom stereocenters. The van der Waals surface area contributed by atoms with Crippen molar-refractivity contribution < 1.29 is 0 Å². The summed E-state index contributed by atoms with van der Waals surface area (Å²) in [4.78, 5) is 1.40. The lowest BCUT2D eigenvalue weighted by Crippen LogP contribution is -1.85. The molecule has 1 heteroatoms. The van der Waals surface area contributed by atoms with Gasteiger partial charge in [-0.3, -0.25) is 0 Å². The third kappa shape index (κ3) is 1.88. The molecule has 0 aliphatic heterocycles. The van der Waals surface area contributed by atoms with Crippen LogP contribution in [0.4, 0.5) is 0 Å². The molecule has 1 aromatic heterocycles. The molecule has 0 radical (unpaired) electrons. The molecule has 0 fully saturated rings. The Morgan fingerprint density at radius 2 is 1.28 bits per heavy atom. The summed E-state index contributed by atoms with van der Waals surface area (Å²) in [6, 6.07) is 19.0. The summed E-state index contributed by atoms with van der Waals surface area (Å²) in [7, 11) is 0. The molecule has 0 bridgehead atoms. The van der Waals surface area contributed by atoms with Crippen LogP contribution in [0.1, 0.15) is 32.7 Å². The van der Waals surface area contributed by atoms with E-state index in [0.717, 1.165) is 12.8 Å². The molecule has 120 valence electrons. The van der Waals surface area contributed by atoms with Crippen molar-refractivity contribution in [2.24, 2.45) is 0 Å². The van der Waals surface area contributed by atoms with Gasteiger partial charge >= 0.3 is 0 Å². The second-order valence-electron chi connectivity index (χ2n) is 7.58. The monoisotopic (exact) mass is 338 g/mol. The summed E-state index contributed by atoms with van der Waals surface area (Å²) >= 11 is 1.91. The maximum Gasteiger partial charge on any atom is 0.0351 e. The Balaban J connectivity index is 1.56. The highest BCUT2D eigenvalue weighted by Crippen LogP contribution is 2.46. The van der Waals surface area contributed by atoms with Crippen molar-refractivity contribution in [2.45, 2.75) is 26.7 Å². The molecule has 2 aliphatic carbocycles. The van der Waals surface area contributed by atoms with Crippen molar-refractivity contribution in [2.75, 3.05) is 0 Å². The SMILES string of the molecule is Cc1ccc2c(c1)Cc1cc3c(cc1-2)Cc1cc2cc(C)sc2cc1-3. The smallest absolute Gasteiger partial charge is 0.0351 e. The largest absolute Gasteiger partial charge is 0.141 e. The Bertz CT molecular complexity index is 1210. The van der Waals surface area contributed by atoms with E-state index in [-0.39, 0.29) is 0 Å². The third-order valence-electron chi connectivity index (χ3n) is 5.80. The van der Waals surface area contributed by atoms with E-state index in [1.807, 2.05) is 11.3 Å². The second-order valence-corrected chi connectivity index (χ2v) is 8.87. The first kappa shape index (κ1) is 13.9. The van der Waals surface area contributed by atoms with Crippen LogP contribution in [0.2, 0.25) is 0 Å². The van der Waals surface area contributed by atoms with Crippen LogP contribution in [0.25, 0.3) is 32.3 Å². The van der Waals surface area contributed by atoms with E-state index in [2.05, 4.69) is 62.4 Å². The van der Waals surface area contributed by atoms with E-state index in [1.54, 1.807) is 0 Å². The molecule has 25 heavy (non-hydrogen) atoms. The summed E-state index contributed by atoms with van der Waals surface area (Å²) in [6.45, 7) is 4.39. The molecule has 1 heterocycles. The van der Waals surface area contributed by atoms with E-state index in [0.29, 0.717) is 0 Å². The highest BCUT2D eigenvalue weighted by molar-refractivity contribution is 7.19. The predicted molar refractivity (Wildman–Crippen MR) is 108 cm³/mol. The Labute approximate surface area is 151 Å². The molecule has 0 spiro atoms. The number of thiophene rings is 1. The van der Waals surface area contributed by atoms with Crippen molar-refractivity contribution in [1.82, 2.24) is 0 Å². The maximum atomic E-state index is 2.47. The van der Waals surface area contributed by atoms with Crippen LogP contribution in [0, 0.1) is 13.8 Å². The number of rotatable bonds is 0. The zero-order valence-corrected chi connectivity index (χ0v) is 15.3. The minimum Gasteiger partial charge on any atom is -0.141 e. The Hall–Kier alpha value is -2.38. The molecule has 0 amide bonds. The maximum absolute atomic E-state index is 2.47. The van der Waals surface area contributed by atoms with Gasteiger partial charge < -0.3 is 0 Å².